The van der Waals surface area contributed by atoms with Crippen molar-refractivity contribution >= 4 is 11.9 Å². The van der Waals surface area contributed by atoms with Crippen LogP contribution in [0.4, 0.5) is 4.79 Å². The molecule has 1 saturated heterocycles. The third-order valence-electron chi connectivity index (χ3n) is 4.93. The second-order valence-electron chi connectivity index (χ2n) is 7.33. The number of carbonyl (C=O) groups excluding carboxylic acids is 2. The average molecular weight is 370 g/mol. The molecule has 0 aromatic carbocycles. The van der Waals surface area contributed by atoms with E-state index in [9.17, 15) is 9.59 Å². The Hall–Kier alpha value is -1.30. The number of piperidine rings is 1. The predicted octanol–water partition coefficient (Wildman–Crippen LogP) is 3.31. The Bertz CT molecular complexity index is 382. The zero-order valence-corrected chi connectivity index (χ0v) is 16.9. The highest BCUT2D eigenvalue weighted by atomic mass is 16.5. The molecule has 1 fully saturated rings. The summed E-state index contributed by atoms with van der Waals surface area (Å²) in [5.74, 6) is 0.502. The molecule has 0 bridgehead atoms. The summed E-state index contributed by atoms with van der Waals surface area (Å²) in [6.45, 7) is 8.26. The monoisotopic (exact) mass is 369 g/mol. The molecule has 6 nitrogen and oxygen atoms in total. The van der Waals surface area contributed by atoms with Gasteiger partial charge in [-0.1, -0.05) is 39.0 Å². The number of nitrogens with zero attached hydrogens (tertiary/aromatic N) is 1. The third kappa shape index (κ3) is 11.3. The lowest BCUT2D eigenvalue weighted by Gasteiger charge is -2.32. The molecular weight excluding hydrogens is 330 g/mol. The molecule has 152 valence electrons. The fourth-order valence-electron chi connectivity index (χ4n) is 3.20. The van der Waals surface area contributed by atoms with Crippen molar-refractivity contribution in [2.75, 3.05) is 39.4 Å². The number of likely N-dealkylation sites (tertiary alicyclic amines) is 1. The highest BCUT2D eigenvalue weighted by Crippen LogP contribution is 2.16. The van der Waals surface area contributed by atoms with Crippen LogP contribution < -0.4 is 10.6 Å². The van der Waals surface area contributed by atoms with Crippen molar-refractivity contribution in [3.63, 3.8) is 0 Å². The molecule has 6 heteroatoms. The van der Waals surface area contributed by atoms with Crippen LogP contribution in [0.1, 0.15) is 71.6 Å². The van der Waals surface area contributed by atoms with Gasteiger partial charge in [0.25, 0.3) is 0 Å². The molecule has 0 spiro atoms. The maximum Gasteiger partial charge on any atom is 0.317 e. The lowest BCUT2D eigenvalue weighted by Crippen LogP contribution is -2.46. The van der Waals surface area contributed by atoms with Gasteiger partial charge in [-0.15, -0.1) is 0 Å². The van der Waals surface area contributed by atoms with Crippen molar-refractivity contribution in [2.45, 2.75) is 71.6 Å². The van der Waals surface area contributed by atoms with Crippen LogP contribution in [0.15, 0.2) is 0 Å². The molecule has 0 atom stereocenters. The van der Waals surface area contributed by atoms with E-state index in [1.807, 2.05) is 4.90 Å². The Balaban J connectivity index is 1.92. The molecule has 2 N–H and O–H groups in total. The minimum absolute atomic E-state index is 0.0175. The van der Waals surface area contributed by atoms with E-state index in [1.165, 1.54) is 32.1 Å². The summed E-state index contributed by atoms with van der Waals surface area (Å²) in [7, 11) is 0. The highest BCUT2D eigenvalue weighted by Gasteiger charge is 2.22. The second-order valence-corrected chi connectivity index (χ2v) is 7.33. The first-order valence-electron chi connectivity index (χ1n) is 10.5. The van der Waals surface area contributed by atoms with E-state index in [0.717, 1.165) is 51.9 Å². The molecule has 1 aliphatic rings. The molecule has 26 heavy (non-hydrogen) atoms. The van der Waals surface area contributed by atoms with Gasteiger partial charge < -0.3 is 20.3 Å². The Kier molecular flexibility index (Phi) is 13.0. The van der Waals surface area contributed by atoms with Crippen LogP contribution in [-0.4, -0.2) is 56.2 Å². The van der Waals surface area contributed by atoms with Crippen LogP contribution in [0.5, 0.6) is 0 Å². The fourth-order valence-corrected chi connectivity index (χ4v) is 3.20. The lowest BCUT2D eigenvalue weighted by molar-refractivity contribution is -0.119. The summed E-state index contributed by atoms with van der Waals surface area (Å²) < 4.78 is 5.63. The standard InChI is InChI=1S/C20H39N3O3/c1-3-4-5-6-7-8-15-26-16-9-12-21-20(25)23-13-10-19(11-14-23)17-22-18(2)24/h19H,3-17H2,1-2H3,(H,21,25)(H,22,24). The number of ether oxygens (including phenoxy) is 1. The zero-order chi connectivity index (χ0) is 19.0. The van der Waals surface area contributed by atoms with Crippen LogP contribution in [0.2, 0.25) is 0 Å². The summed E-state index contributed by atoms with van der Waals surface area (Å²) in [6, 6.07) is 0.0268. The average Bonchev–Trinajstić information content (AvgIpc) is 2.64. The van der Waals surface area contributed by atoms with Crippen molar-refractivity contribution in [1.82, 2.24) is 15.5 Å². The molecule has 0 aliphatic carbocycles. The first kappa shape index (κ1) is 22.7. The molecule has 0 aromatic heterocycles. The van der Waals surface area contributed by atoms with Crippen molar-refractivity contribution < 1.29 is 14.3 Å². The number of nitrogens with one attached hydrogen (secondary N) is 2. The third-order valence-corrected chi connectivity index (χ3v) is 4.93. The first-order chi connectivity index (χ1) is 12.6. The lowest BCUT2D eigenvalue weighted by atomic mass is 9.97. The van der Waals surface area contributed by atoms with Crippen molar-refractivity contribution in [1.29, 1.82) is 0 Å². The van der Waals surface area contributed by atoms with Crippen LogP contribution in [0.25, 0.3) is 0 Å². The van der Waals surface area contributed by atoms with Crippen LogP contribution >= 0.6 is 0 Å². The number of amides is 3. The van der Waals surface area contributed by atoms with Crippen LogP contribution in [0, 0.1) is 5.92 Å². The molecule has 0 aromatic rings. The highest BCUT2D eigenvalue weighted by molar-refractivity contribution is 5.74. The SMILES string of the molecule is CCCCCCCCOCCCNC(=O)N1CCC(CNC(C)=O)CC1. The van der Waals surface area contributed by atoms with E-state index in [4.69, 9.17) is 4.74 Å². The van der Waals surface area contributed by atoms with Crippen LogP contribution in [-0.2, 0) is 9.53 Å². The number of urea groups is 1. The van der Waals surface area contributed by atoms with E-state index >= 15 is 0 Å². The molecule has 0 unspecified atom stereocenters. The molecule has 0 saturated carbocycles. The molecular formula is C20H39N3O3. The fraction of sp³-hybridized carbons (Fsp3) is 0.900. The Labute approximate surface area is 159 Å². The summed E-state index contributed by atoms with van der Waals surface area (Å²) in [5, 5.41) is 5.84. The van der Waals surface area contributed by atoms with E-state index in [2.05, 4.69) is 17.6 Å². The number of rotatable bonds is 13. The van der Waals surface area contributed by atoms with Gasteiger partial charge in [-0.05, 0) is 31.6 Å². The maximum absolute atomic E-state index is 12.1. The number of unbranched alkanes of at least 4 members (excludes halogenated alkanes) is 5. The van der Waals surface area contributed by atoms with Gasteiger partial charge in [0, 0.05) is 46.3 Å². The normalized spacial score (nSPS) is 15.1. The largest absolute Gasteiger partial charge is 0.381 e. The molecule has 1 aliphatic heterocycles. The smallest absolute Gasteiger partial charge is 0.317 e. The first-order valence-corrected chi connectivity index (χ1v) is 10.5. The Morgan fingerprint density at radius 3 is 2.31 bits per heavy atom. The van der Waals surface area contributed by atoms with Crippen molar-refractivity contribution in [3.8, 4) is 0 Å². The van der Waals surface area contributed by atoms with E-state index in [1.54, 1.807) is 6.92 Å². The quantitative estimate of drug-likeness (QED) is 0.489. The Morgan fingerprint density at radius 2 is 1.62 bits per heavy atom. The van der Waals surface area contributed by atoms with Gasteiger partial charge in [-0.25, -0.2) is 4.79 Å². The summed E-state index contributed by atoms with van der Waals surface area (Å²) in [6.07, 6.45) is 10.5. The molecule has 1 heterocycles. The van der Waals surface area contributed by atoms with Crippen molar-refractivity contribution in [2.24, 2.45) is 5.92 Å². The molecule has 3 amide bonds. The second kappa shape index (κ2) is 14.8. The topological polar surface area (TPSA) is 70.7 Å². The van der Waals surface area contributed by atoms with Gasteiger partial charge in [-0.2, -0.15) is 0 Å². The van der Waals surface area contributed by atoms with Gasteiger partial charge in [0.2, 0.25) is 5.91 Å². The summed E-state index contributed by atoms with van der Waals surface area (Å²) in [5.41, 5.74) is 0. The zero-order valence-electron chi connectivity index (χ0n) is 16.9. The van der Waals surface area contributed by atoms with Gasteiger partial charge in [0.1, 0.15) is 0 Å². The maximum atomic E-state index is 12.1. The van der Waals surface area contributed by atoms with E-state index < -0.39 is 0 Å². The van der Waals surface area contributed by atoms with Gasteiger partial charge in [-0.3, -0.25) is 4.79 Å². The predicted molar refractivity (Wildman–Crippen MR) is 105 cm³/mol. The van der Waals surface area contributed by atoms with Crippen molar-refractivity contribution in [3.05, 3.63) is 0 Å². The van der Waals surface area contributed by atoms with Gasteiger partial charge in [0.05, 0.1) is 0 Å². The van der Waals surface area contributed by atoms with Crippen LogP contribution in [0.3, 0.4) is 0 Å². The van der Waals surface area contributed by atoms with E-state index in [0.29, 0.717) is 19.1 Å². The number of carbonyl (C=O) groups is 2. The molecule has 1 rings (SSSR count). The number of hydrogen-bond donors (Lipinski definition) is 2. The summed E-state index contributed by atoms with van der Waals surface area (Å²) >= 11 is 0. The minimum atomic E-state index is 0.0175. The van der Waals surface area contributed by atoms with E-state index in [-0.39, 0.29) is 11.9 Å². The Morgan fingerprint density at radius 1 is 0.962 bits per heavy atom. The summed E-state index contributed by atoms with van der Waals surface area (Å²) in [4.78, 5) is 25.0. The minimum Gasteiger partial charge on any atom is -0.381 e. The number of hydrogen-bond acceptors (Lipinski definition) is 3. The van der Waals surface area contributed by atoms with Gasteiger partial charge >= 0.3 is 6.03 Å². The molecule has 0 radical (unpaired) electrons. The van der Waals surface area contributed by atoms with Gasteiger partial charge in [0.15, 0.2) is 0 Å².